The van der Waals surface area contributed by atoms with Gasteiger partial charge in [-0.25, -0.2) is 0 Å². The molecule has 1 fully saturated rings. The molecule has 0 saturated carbocycles. The number of hydrogen-bond donors (Lipinski definition) is 0. The lowest BCUT2D eigenvalue weighted by Crippen LogP contribution is -2.40. The number of ether oxygens (including phenoxy) is 1. The van der Waals surface area contributed by atoms with E-state index < -0.39 is 0 Å². The lowest BCUT2D eigenvalue weighted by molar-refractivity contribution is 0.128. The Balaban J connectivity index is 2.51. The maximum Gasteiger partial charge on any atom is 0.0593 e. The first-order valence-corrected chi connectivity index (χ1v) is 5.09. The highest BCUT2D eigenvalue weighted by Gasteiger charge is 2.21. The van der Waals surface area contributed by atoms with E-state index in [9.17, 15) is 0 Å². The molecule has 0 aliphatic carbocycles. The molecule has 1 aliphatic rings. The van der Waals surface area contributed by atoms with Crippen LogP contribution in [0.15, 0.2) is 0 Å². The average molecular weight is 171 g/mol. The van der Waals surface area contributed by atoms with Crippen molar-refractivity contribution >= 4 is 0 Å². The van der Waals surface area contributed by atoms with Crippen molar-refractivity contribution in [1.82, 2.24) is 4.90 Å². The largest absolute Gasteiger partial charge is 0.380 e. The van der Waals surface area contributed by atoms with E-state index in [2.05, 4.69) is 25.7 Å². The standard InChI is InChI=1S/C10H21NO/c1-4-10-5-7-12-8-6-11(10)9(2)3/h9-10H,4-8H2,1-3H3/t10-/m0/s1. The second-order valence-corrected chi connectivity index (χ2v) is 3.79. The first-order valence-electron chi connectivity index (χ1n) is 5.09. The fourth-order valence-corrected chi connectivity index (χ4v) is 1.96. The van der Waals surface area contributed by atoms with Crippen molar-refractivity contribution in [3.05, 3.63) is 0 Å². The van der Waals surface area contributed by atoms with Crippen LogP contribution in [-0.2, 0) is 4.74 Å². The van der Waals surface area contributed by atoms with E-state index in [0.717, 1.165) is 25.8 Å². The predicted octanol–water partition coefficient (Wildman–Crippen LogP) is 1.90. The van der Waals surface area contributed by atoms with Crippen LogP contribution in [0.25, 0.3) is 0 Å². The van der Waals surface area contributed by atoms with Gasteiger partial charge in [0.1, 0.15) is 0 Å². The third-order valence-corrected chi connectivity index (χ3v) is 2.69. The van der Waals surface area contributed by atoms with Gasteiger partial charge in [-0.05, 0) is 26.7 Å². The second-order valence-electron chi connectivity index (χ2n) is 3.79. The zero-order valence-electron chi connectivity index (χ0n) is 8.55. The first-order chi connectivity index (χ1) is 5.75. The van der Waals surface area contributed by atoms with Crippen LogP contribution in [0.3, 0.4) is 0 Å². The molecule has 1 atom stereocenters. The van der Waals surface area contributed by atoms with Crippen molar-refractivity contribution < 1.29 is 4.74 Å². The van der Waals surface area contributed by atoms with Crippen molar-refractivity contribution in [3.8, 4) is 0 Å². The van der Waals surface area contributed by atoms with Crippen molar-refractivity contribution in [2.75, 3.05) is 19.8 Å². The molecule has 0 aromatic rings. The van der Waals surface area contributed by atoms with Crippen LogP contribution >= 0.6 is 0 Å². The molecule has 0 aromatic heterocycles. The van der Waals surface area contributed by atoms with Crippen LogP contribution in [0.5, 0.6) is 0 Å². The van der Waals surface area contributed by atoms with E-state index in [0.29, 0.717) is 6.04 Å². The maximum absolute atomic E-state index is 5.47. The third kappa shape index (κ3) is 2.46. The van der Waals surface area contributed by atoms with Crippen molar-refractivity contribution in [3.63, 3.8) is 0 Å². The Bertz CT molecular complexity index is 125. The molecule has 0 spiro atoms. The fourth-order valence-electron chi connectivity index (χ4n) is 1.96. The minimum atomic E-state index is 0.664. The first kappa shape index (κ1) is 10.0. The normalized spacial score (nSPS) is 27.5. The van der Waals surface area contributed by atoms with Gasteiger partial charge in [0.15, 0.2) is 0 Å². The van der Waals surface area contributed by atoms with Crippen LogP contribution < -0.4 is 0 Å². The minimum Gasteiger partial charge on any atom is -0.380 e. The van der Waals surface area contributed by atoms with Crippen molar-refractivity contribution in [1.29, 1.82) is 0 Å². The summed E-state index contributed by atoms with van der Waals surface area (Å²) in [4.78, 5) is 2.56. The van der Waals surface area contributed by atoms with Gasteiger partial charge in [0.2, 0.25) is 0 Å². The van der Waals surface area contributed by atoms with Gasteiger partial charge in [-0.3, -0.25) is 4.90 Å². The zero-order chi connectivity index (χ0) is 8.97. The predicted molar refractivity (Wildman–Crippen MR) is 51.4 cm³/mol. The molecule has 72 valence electrons. The van der Waals surface area contributed by atoms with Gasteiger partial charge in [-0.1, -0.05) is 6.92 Å². The molecule has 1 aliphatic heterocycles. The maximum atomic E-state index is 5.47. The van der Waals surface area contributed by atoms with Crippen molar-refractivity contribution in [2.45, 2.75) is 45.7 Å². The highest BCUT2D eigenvalue weighted by Crippen LogP contribution is 2.15. The molecule has 1 rings (SSSR count). The quantitative estimate of drug-likeness (QED) is 0.629. The summed E-state index contributed by atoms with van der Waals surface area (Å²) in [6.07, 6.45) is 2.45. The summed E-state index contributed by atoms with van der Waals surface area (Å²) < 4.78 is 5.47. The summed E-state index contributed by atoms with van der Waals surface area (Å²) in [5.74, 6) is 0. The van der Waals surface area contributed by atoms with Crippen LogP contribution in [0.1, 0.15) is 33.6 Å². The van der Waals surface area contributed by atoms with Gasteiger partial charge in [0.05, 0.1) is 6.61 Å². The molecule has 12 heavy (non-hydrogen) atoms. The highest BCUT2D eigenvalue weighted by atomic mass is 16.5. The average Bonchev–Trinajstić information content (AvgIpc) is 2.27. The summed E-state index contributed by atoms with van der Waals surface area (Å²) in [6, 6.07) is 1.41. The van der Waals surface area contributed by atoms with Gasteiger partial charge in [0.25, 0.3) is 0 Å². The Kier molecular flexibility index (Phi) is 4.02. The molecule has 2 nitrogen and oxygen atoms in total. The smallest absolute Gasteiger partial charge is 0.0593 e. The molecular weight excluding hydrogens is 150 g/mol. The Hall–Kier alpha value is -0.0800. The molecular formula is C10H21NO. The second kappa shape index (κ2) is 4.83. The zero-order valence-corrected chi connectivity index (χ0v) is 8.55. The van der Waals surface area contributed by atoms with Crippen LogP contribution in [0.2, 0.25) is 0 Å². The lowest BCUT2D eigenvalue weighted by atomic mass is 10.1. The number of hydrogen-bond acceptors (Lipinski definition) is 2. The summed E-state index contributed by atoms with van der Waals surface area (Å²) in [5, 5.41) is 0. The Morgan fingerprint density at radius 1 is 1.42 bits per heavy atom. The van der Waals surface area contributed by atoms with E-state index in [1.165, 1.54) is 12.8 Å². The van der Waals surface area contributed by atoms with Gasteiger partial charge in [-0.2, -0.15) is 0 Å². The topological polar surface area (TPSA) is 12.5 Å². The van der Waals surface area contributed by atoms with Crippen molar-refractivity contribution in [2.24, 2.45) is 0 Å². The van der Waals surface area contributed by atoms with E-state index in [4.69, 9.17) is 4.74 Å². The Morgan fingerprint density at radius 2 is 2.17 bits per heavy atom. The molecule has 0 aromatic carbocycles. The van der Waals surface area contributed by atoms with E-state index in [1.807, 2.05) is 0 Å². The van der Waals surface area contributed by atoms with Gasteiger partial charge in [-0.15, -0.1) is 0 Å². The van der Waals surface area contributed by atoms with Crippen LogP contribution in [-0.4, -0.2) is 36.7 Å². The summed E-state index contributed by atoms with van der Waals surface area (Å²) in [6.45, 7) is 9.78. The Morgan fingerprint density at radius 3 is 2.75 bits per heavy atom. The number of nitrogens with zero attached hydrogens (tertiary/aromatic N) is 1. The van der Waals surface area contributed by atoms with Gasteiger partial charge >= 0.3 is 0 Å². The molecule has 2 heteroatoms. The summed E-state index contributed by atoms with van der Waals surface area (Å²) in [7, 11) is 0. The lowest BCUT2D eigenvalue weighted by Gasteiger charge is -2.31. The molecule has 0 radical (unpaired) electrons. The Labute approximate surface area is 75.9 Å². The van der Waals surface area contributed by atoms with E-state index in [-0.39, 0.29) is 0 Å². The minimum absolute atomic E-state index is 0.664. The number of rotatable bonds is 2. The third-order valence-electron chi connectivity index (χ3n) is 2.69. The van der Waals surface area contributed by atoms with Gasteiger partial charge < -0.3 is 4.74 Å². The summed E-state index contributed by atoms with van der Waals surface area (Å²) >= 11 is 0. The highest BCUT2D eigenvalue weighted by molar-refractivity contribution is 4.75. The van der Waals surface area contributed by atoms with Crippen LogP contribution in [0.4, 0.5) is 0 Å². The SMILES string of the molecule is CC[C@H]1CCOCCN1C(C)C. The van der Waals surface area contributed by atoms with E-state index >= 15 is 0 Å². The summed E-state index contributed by atoms with van der Waals surface area (Å²) in [5.41, 5.74) is 0. The molecule has 0 amide bonds. The molecule has 1 saturated heterocycles. The monoisotopic (exact) mass is 171 g/mol. The molecule has 1 heterocycles. The molecule has 0 bridgehead atoms. The van der Waals surface area contributed by atoms with E-state index in [1.54, 1.807) is 0 Å². The van der Waals surface area contributed by atoms with Gasteiger partial charge in [0, 0.05) is 25.2 Å². The molecule has 0 N–H and O–H groups in total. The fraction of sp³-hybridized carbons (Fsp3) is 1.00. The van der Waals surface area contributed by atoms with Crippen LogP contribution in [0, 0.1) is 0 Å². The molecule has 0 unspecified atom stereocenters.